The third-order valence-corrected chi connectivity index (χ3v) is 2.84. The number of imidazole rings is 1. The molecule has 0 fully saturated rings. The third kappa shape index (κ3) is 2.28. The lowest BCUT2D eigenvalue weighted by Crippen LogP contribution is -1.97. The zero-order valence-corrected chi connectivity index (χ0v) is 10.5. The molecule has 17 heavy (non-hydrogen) atoms. The van der Waals surface area contributed by atoms with Gasteiger partial charge in [0, 0.05) is 5.56 Å². The number of aromatic amines is 1. The number of H-pyrrole nitrogens is 1. The van der Waals surface area contributed by atoms with Crippen molar-refractivity contribution in [2.75, 3.05) is 7.11 Å². The monoisotopic (exact) mass is 251 g/mol. The first-order chi connectivity index (χ1) is 8.15. The topological polar surface area (TPSA) is 63.9 Å². The molecule has 0 saturated carbocycles. The van der Waals surface area contributed by atoms with E-state index < -0.39 is 0 Å². The predicted molar refractivity (Wildman–Crippen MR) is 68.2 cm³/mol. The molecule has 1 heterocycles. The number of rotatable bonds is 3. The Morgan fingerprint density at radius 3 is 2.76 bits per heavy atom. The average Bonchev–Trinajstić information content (AvgIpc) is 2.70. The van der Waals surface area contributed by atoms with E-state index in [-0.39, 0.29) is 0 Å². The molecule has 0 aliphatic heterocycles. The molecule has 90 valence electrons. The van der Waals surface area contributed by atoms with Gasteiger partial charge >= 0.3 is 0 Å². The van der Waals surface area contributed by atoms with E-state index in [0.717, 1.165) is 22.6 Å². The summed E-state index contributed by atoms with van der Waals surface area (Å²) >= 11 is 6.08. The maximum Gasteiger partial charge on any atom is 0.134 e. The van der Waals surface area contributed by atoms with Gasteiger partial charge in [0.1, 0.15) is 22.4 Å². The van der Waals surface area contributed by atoms with E-state index in [1.807, 2.05) is 25.1 Å². The fourth-order valence-electron chi connectivity index (χ4n) is 1.71. The van der Waals surface area contributed by atoms with Crippen molar-refractivity contribution in [3.63, 3.8) is 0 Å². The Bertz CT molecular complexity index is 537. The largest absolute Gasteiger partial charge is 0.496 e. The number of benzene rings is 1. The van der Waals surface area contributed by atoms with Gasteiger partial charge in [-0.05, 0) is 30.7 Å². The number of ether oxygens (including phenoxy) is 1. The average molecular weight is 252 g/mol. The van der Waals surface area contributed by atoms with Gasteiger partial charge in [0.15, 0.2) is 0 Å². The quantitative estimate of drug-likeness (QED) is 0.881. The summed E-state index contributed by atoms with van der Waals surface area (Å²) in [5.41, 5.74) is 8.22. The lowest BCUT2D eigenvalue weighted by atomic mass is 10.1. The molecule has 5 heteroatoms. The number of halogens is 1. The van der Waals surface area contributed by atoms with Gasteiger partial charge in [0.2, 0.25) is 0 Å². The number of hydrogen-bond donors (Lipinski definition) is 2. The number of hydrogen-bond acceptors (Lipinski definition) is 3. The van der Waals surface area contributed by atoms with E-state index in [4.69, 9.17) is 22.1 Å². The molecule has 2 rings (SSSR count). The minimum absolute atomic E-state index is 0.342. The van der Waals surface area contributed by atoms with Gasteiger partial charge in [-0.1, -0.05) is 11.6 Å². The van der Waals surface area contributed by atoms with E-state index >= 15 is 0 Å². The number of nitrogens with two attached hydrogens (primary N) is 1. The molecule has 0 saturated heterocycles. The normalized spacial score (nSPS) is 10.6. The molecule has 0 spiro atoms. The highest BCUT2D eigenvalue weighted by Crippen LogP contribution is 2.29. The van der Waals surface area contributed by atoms with Crippen LogP contribution in [0.3, 0.4) is 0 Å². The van der Waals surface area contributed by atoms with Gasteiger partial charge in [-0.3, -0.25) is 0 Å². The second-order valence-electron chi connectivity index (χ2n) is 3.73. The summed E-state index contributed by atoms with van der Waals surface area (Å²) in [6.45, 7) is 2.32. The first-order valence-corrected chi connectivity index (χ1v) is 5.63. The molecule has 0 atom stereocenters. The number of methoxy groups -OCH3 is 1. The van der Waals surface area contributed by atoms with Crippen LogP contribution in [-0.2, 0) is 6.54 Å². The van der Waals surface area contributed by atoms with Crippen LogP contribution in [-0.4, -0.2) is 17.1 Å². The maximum absolute atomic E-state index is 6.08. The molecule has 4 nitrogen and oxygen atoms in total. The summed E-state index contributed by atoms with van der Waals surface area (Å²) in [7, 11) is 1.65. The van der Waals surface area contributed by atoms with Crippen molar-refractivity contribution in [2.45, 2.75) is 13.5 Å². The lowest BCUT2D eigenvalue weighted by Gasteiger charge is -2.05. The van der Waals surface area contributed by atoms with Gasteiger partial charge in [0.25, 0.3) is 0 Å². The highest BCUT2D eigenvalue weighted by molar-refractivity contribution is 6.31. The molecule has 0 radical (unpaired) electrons. The van der Waals surface area contributed by atoms with Crippen molar-refractivity contribution >= 4 is 11.6 Å². The van der Waals surface area contributed by atoms with Crippen LogP contribution in [0.1, 0.15) is 11.4 Å². The minimum atomic E-state index is 0.342. The van der Waals surface area contributed by atoms with E-state index in [1.54, 1.807) is 7.11 Å². The maximum atomic E-state index is 6.08. The Morgan fingerprint density at radius 1 is 1.47 bits per heavy atom. The van der Waals surface area contributed by atoms with Crippen LogP contribution < -0.4 is 10.5 Å². The van der Waals surface area contributed by atoms with Crippen molar-refractivity contribution < 1.29 is 4.74 Å². The van der Waals surface area contributed by atoms with E-state index in [0.29, 0.717) is 17.5 Å². The van der Waals surface area contributed by atoms with Gasteiger partial charge < -0.3 is 15.5 Å². The summed E-state index contributed by atoms with van der Waals surface area (Å²) < 4.78 is 5.21. The van der Waals surface area contributed by atoms with Crippen molar-refractivity contribution in [1.29, 1.82) is 0 Å². The van der Waals surface area contributed by atoms with Crippen molar-refractivity contribution in [1.82, 2.24) is 9.97 Å². The lowest BCUT2D eigenvalue weighted by molar-refractivity contribution is 0.412. The van der Waals surface area contributed by atoms with Gasteiger partial charge in [-0.25, -0.2) is 4.98 Å². The van der Waals surface area contributed by atoms with E-state index in [1.165, 1.54) is 0 Å². The van der Waals surface area contributed by atoms with E-state index in [2.05, 4.69) is 9.97 Å². The van der Waals surface area contributed by atoms with Crippen molar-refractivity contribution in [3.8, 4) is 17.0 Å². The zero-order chi connectivity index (χ0) is 12.4. The molecule has 0 amide bonds. The fourth-order valence-corrected chi connectivity index (χ4v) is 1.97. The molecule has 0 aliphatic carbocycles. The Hall–Kier alpha value is -1.52. The number of nitrogens with zero attached hydrogens (tertiary/aromatic N) is 1. The smallest absolute Gasteiger partial charge is 0.134 e. The summed E-state index contributed by atoms with van der Waals surface area (Å²) in [5, 5.41) is 0.509. The Balaban J connectivity index is 2.45. The fraction of sp³-hybridized carbons (Fsp3) is 0.250. The molecule has 1 aromatic carbocycles. The number of aromatic nitrogens is 2. The van der Waals surface area contributed by atoms with Crippen molar-refractivity contribution in [2.24, 2.45) is 5.73 Å². The van der Waals surface area contributed by atoms with Crippen LogP contribution in [0.15, 0.2) is 18.2 Å². The molecule has 3 N–H and O–H groups in total. The van der Waals surface area contributed by atoms with Crippen LogP contribution in [0.4, 0.5) is 0 Å². The zero-order valence-electron chi connectivity index (χ0n) is 9.75. The molecule has 0 aliphatic rings. The summed E-state index contributed by atoms with van der Waals surface area (Å²) in [4.78, 5) is 7.28. The predicted octanol–water partition coefficient (Wildman–Crippen LogP) is 2.51. The molecule has 0 bridgehead atoms. The summed E-state index contributed by atoms with van der Waals surface area (Å²) in [6.07, 6.45) is 0. The standard InChI is InChI=1S/C12H14ClN3O/c1-7-5-8(3-4-9(7)17-2)11-12(13)16-10(6-14)15-11/h3-5H,6,14H2,1-2H3,(H,15,16). The summed E-state index contributed by atoms with van der Waals surface area (Å²) in [6, 6.07) is 5.81. The molecule has 0 unspecified atom stereocenters. The SMILES string of the molecule is COc1ccc(-c2nc(CN)[nH]c2Cl)cc1C. The Labute approximate surface area is 105 Å². The Morgan fingerprint density at radius 2 is 2.24 bits per heavy atom. The minimum Gasteiger partial charge on any atom is -0.496 e. The van der Waals surface area contributed by atoms with Crippen LogP contribution in [0.2, 0.25) is 5.15 Å². The molecular weight excluding hydrogens is 238 g/mol. The number of aryl methyl sites for hydroxylation is 1. The van der Waals surface area contributed by atoms with Crippen LogP contribution in [0.25, 0.3) is 11.3 Å². The first kappa shape index (κ1) is 12.0. The Kier molecular flexibility index (Phi) is 3.36. The third-order valence-electron chi connectivity index (χ3n) is 2.57. The second kappa shape index (κ2) is 4.77. The van der Waals surface area contributed by atoms with Gasteiger partial charge in [0.05, 0.1) is 13.7 Å². The summed E-state index contributed by atoms with van der Waals surface area (Å²) in [5.74, 6) is 1.53. The molecular formula is C12H14ClN3O. The molecule has 1 aromatic heterocycles. The van der Waals surface area contributed by atoms with Crippen molar-refractivity contribution in [3.05, 3.63) is 34.7 Å². The van der Waals surface area contributed by atoms with Crippen LogP contribution in [0.5, 0.6) is 5.75 Å². The van der Waals surface area contributed by atoms with Gasteiger partial charge in [-0.2, -0.15) is 0 Å². The highest BCUT2D eigenvalue weighted by Gasteiger charge is 2.11. The first-order valence-electron chi connectivity index (χ1n) is 5.25. The van der Waals surface area contributed by atoms with Gasteiger partial charge in [-0.15, -0.1) is 0 Å². The second-order valence-corrected chi connectivity index (χ2v) is 4.11. The van der Waals surface area contributed by atoms with E-state index in [9.17, 15) is 0 Å². The highest BCUT2D eigenvalue weighted by atomic mass is 35.5. The number of nitrogens with one attached hydrogen (secondary N) is 1. The molecule has 2 aromatic rings. The van der Waals surface area contributed by atoms with Crippen LogP contribution in [0, 0.1) is 6.92 Å². The van der Waals surface area contributed by atoms with Crippen LogP contribution >= 0.6 is 11.6 Å².